The van der Waals surface area contributed by atoms with Gasteiger partial charge < -0.3 is 10.2 Å². The van der Waals surface area contributed by atoms with Crippen molar-refractivity contribution in [2.24, 2.45) is 5.92 Å². The minimum atomic E-state index is -0.384. The van der Waals surface area contributed by atoms with Crippen molar-refractivity contribution in [1.82, 2.24) is 10.2 Å². The molecule has 5 heteroatoms. The van der Waals surface area contributed by atoms with Crippen LogP contribution >= 0.6 is 11.3 Å². The van der Waals surface area contributed by atoms with E-state index in [9.17, 15) is 9.59 Å². The van der Waals surface area contributed by atoms with Crippen LogP contribution in [0.15, 0.2) is 10.8 Å². The second-order valence-corrected chi connectivity index (χ2v) is 5.81. The number of carbonyl (C=O) groups is 2. The zero-order valence-corrected chi connectivity index (χ0v) is 11.7. The molecule has 0 aromatic carbocycles. The van der Waals surface area contributed by atoms with Crippen LogP contribution in [0.25, 0.3) is 0 Å². The number of amides is 2. The summed E-state index contributed by atoms with van der Waals surface area (Å²) in [6, 6.07) is -0.384. The first kappa shape index (κ1) is 13.1. The minimum Gasteiger partial charge on any atom is -0.343 e. The van der Waals surface area contributed by atoms with Gasteiger partial charge in [0.05, 0.1) is 6.54 Å². The van der Waals surface area contributed by atoms with E-state index in [4.69, 9.17) is 0 Å². The lowest BCUT2D eigenvalue weighted by molar-refractivity contribution is -0.146. The van der Waals surface area contributed by atoms with E-state index in [1.54, 1.807) is 16.2 Å². The standard InChI is InChI=1S/C13H18N2O2S/c1-8(2)12-13(17)15(5-11(16)14-12)4-10-7-18-6-9(10)3/h6-8,12H,4-5H2,1-3H3,(H,14,16). The predicted molar refractivity (Wildman–Crippen MR) is 71.2 cm³/mol. The van der Waals surface area contributed by atoms with Crippen molar-refractivity contribution in [2.75, 3.05) is 6.54 Å². The lowest BCUT2D eigenvalue weighted by atomic mass is 10.0. The second kappa shape index (κ2) is 5.10. The maximum absolute atomic E-state index is 12.3. The van der Waals surface area contributed by atoms with E-state index in [0.717, 1.165) is 5.56 Å². The van der Waals surface area contributed by atoms with Crippen molar-refractivity contribution >= 4 is 23.2 Å². The maximum atomic E-state index is 12.3. The van der Waals surface area contributed by atoms with Gasteiger partial charge in [-0.2, -0.15) is 11.3 Å². The monoisotopic (exact) mass is 266 g/mol. The summed E-state index contributed by atoms with van der Waals surface area (Å²) in [5, 5.41) is 6.86. The van der Waals surface area contributed by atoms with E-state index in [2.05, 4.69) is 10.7 Å². The Kier molecular flexibility index (Phi) is 3.71. The average Bonchev–Trinajstić information content (AvgIpc) is 2.69. The molecule has 1 N–H and O–H groups in total. The molecule has 2 amide bonds. The molecule has 0 aliphatic carbocycles. The Morgan fingerprint density at radius 1 is 1.44 bits per heavy atom. The highest BCUT2D eigenvalue weighted by atomic mass is 32.1. The van der Waals surface area contributed by atoms with E-state index >= 15 is 0 Å². The van der Waals surface area contributed by atoms with Crippen molar-refractivity contribution in [2.45, 2.75) is 33.4 Å². The summed E-state index contributed by atoms with van der Waals surface area (Å²) in [6.07, 6.45) is 0. The molecule has 0 saturated carbocycles. The normalized spacial score (nSPS) is 20.4. The summed E-state index contributed by atoms with van der Waals surface area (Å²) in [6.45, 7) is 6.62. The van der Waals surface area contributed by atoms with E-state index < -0.39 is 0 Å². The van der Waals surface area contributed by atoms with Gasteiger partial charge in [-0.25, -0.2) is 0 Å². The molecule has 1 aromatic heterocycles. The van der Waals surface area contributed by atoms with Gasteiger partial charge in [0.15, 0.2) is 0 Å². The minimum absolute atomic E-state index is 0.0233. The topological polar surface area (TPSA) is 49.4 Å². The molecule has 18 heavy (non-hydrogen) atoms. The van der Waals surface area contributed by atoms with Crippen LogP contribution in [-0.4, -0.2) is 29.3 Å². The van der Waals surface area contributed by atoms with E-state index in [1.807, 2.05) is 26.2 Å². The Morgan fingerprint density at radius 3 is 2.72 bits per heavy atom. The Labute approximate surface area is 111 Å². The molecule has 2 heterocycles. The van der Waals surface area contributed by atoms with Crippen molar-refractivity contribution < 1.29 is 9.59 Å². The Hall–Kier alpha value is -1.36. The van der Waals surface area contributed by atoms with E-state index in [0.29, 0.717) is 6.54 Å². The SMILES string of the molecule is Cc1cscc1CN1CC(=O)NC(C(C)C)C1=O. The van der Waals surface area contributed by atoms with Crippen molar-refractivity contribution in [3.8, 4) is 0 Å². The molecule has 1 fully saturated rings. The quantitative estimate of drug-likeness (QED) is 0.902. The number of aryl methyl sites for hydroxylation is 1. The van der Waals surface area contributed by atoms with Gasteiger partial charge in [0.1, 0.15) is 6.04 Å². The maximum Gasteiger partial charge on any atom is 0.246 e. The third kappa shape index (κ3) is 2.56. The van der Waals surface area contributed by atoms with Gasteiger partial charge in [0.2, 0.25) is 11.8 Å². The first-order chi connectivity index (χ1) is 8.49. The summed E-state index contributed by atoms with van der Waals surface area (Å²) < 4.78 is 0. The molecule has 1 atom stereocenters. The number of carbonyl (C=O) groups excluding carboxylic acids is 2. The number of thiophene rings is 1. The molecular weight excluding hydrogens is 248 g/mol. The zero-order valence-electron chi connectivity index (χ0n) is 10.9. The van der Waals surface area contributed by atoms with Crippen molar-refractivity contribution in [1.29, 1.82) is 0 Å². The highest BCUT2D eigenvalue weighted by Gasteiger charge is 2.34. The van der Waals surface area contributed by atoms with Gasteiger partial charge in [-0.3, -0.25) is 9.59 Å². The van der Waals surface area contributed by atoms with Crippen LogP contribution < -0.4 is 5.32 Å². The number of nitrogens with one attached hydrogen (secondary N) is 1. The highest BCUT2D eigenvalue weighted by molar-refractivity contribution is 7.08. The van der Waals surface area contributed by atoms with Crippen LogP contribution in [-0.2, 0) is 16.1 Å². The number of nitrogens with zero attached hydrogens (tertiary/aromatic N) is 1. The van der Waals surface area contributed by atoms with Crippen LogP contribution in [0.4, 0.5) is 0 Å². The fourth-order valence-corrected chi connectivity index (χ4v) is 2.92. The van der Waals surface area contributed by atoms with Crippen molar-refractivity contribution in [3.63, 3.8) is 0 Å². The van der Waals surface area contributed by atoms with Gasteiger partial charge in [0.25, 0.3) is 0 Å². The zero-order chi connectivity index (χ0) is 13.3. The van der Waals surface area contributed by atoms with Crippen LogP contribution in [0.3, 0.4) is 0 Å². The molecule has 1 aliphatic rings. The predicted octanol–water partition coefficient (Wildman–Crippen LogP) is 1.54. The number of piperazine rings is 1. The van der Waals surface area contributed by atoms with Crippen molar-refractivity contribution in [3.05, 3.63) is 21.9 Å². The number of hydrogen-bond donors (Lipinski definition) is 1. The summed E-state index contributed by atoms with van der Waals surface area (Å²) in [5.74, 6) is 0.0733. The molecule has 1 unspecified atom stereocenters. The van der Waals surface area contributed by atoms with Crippen LogP contribution in [0.1, 0.15) is 25.0 Å². The first-order valence-corrected chi connectivity index (χ1v) is 7.03. The Morgan fingerprint density at radius 2 is 2.17 bits per heavy atom. The molecule has 0 bridgehead atoms. The molecule has 1 saturated heterocycles. The summed E-state index contributed by atoms with van der Waals surface area (Å²) in [5.41, 5.74) is 2.31. The smallest absolute Gasteiger partial charge is 0.246 e. The molecule has 98 valence electrons. The fourth-order valence-electron chi connectivity index (χ4n) is 2.07. The summed E-state index contributed by atoms with van der Waals surface area (Å²) in [4.78, 5) is 25.6. The second-order valence-electron chi connectivity index (χ2n) is 5.06. The van der Waals surface area contributed by atoms with Gasteiger partial charge >= 0.3 is 0 Å². The fraction of sp³-hybridized carbons (Fsp3) is 0.538. The van der Waals surface area contributed by atoms with E-state index in [-0.39, 0.29) is 30.3 Å². The molecule has 2 rings (SSSR count). The molecule has 1 aromatic rings. The summed E-state index contributed by atoms with van der Waals surface area (Å²) in [7, 11) is 0. The van der Waals surface area contributed by atoms with Gasteiger partial charge in [-0.05, 0) is 34.7 Å². The third-order valence-electron chi connectivity index (χ3n) is 3.22. The molecule has 1 aliphatic heterocycles. The lowest BCUT2D eigenvalue weighted by Gasteiger charge is -2.34. The van der Waals surface area contributed by atoms with Crippen LogP contribution in [0, 0.1) is 12.8 Å². The van der Waals surface area contributed by atoms with Gasteiger partial charge in [-0.15, -0.1) is 0 Å². The number of hydrogen-bond acceptors (Lipinski definition) is 3. The molecule has 0 spiro atoms. The number of rotatable bonds is 3. The molecular formula is C13H18N2O2S. The van der Waals surface area contributed by atoms with Crippen LogP contribution in [0.2, 0.25) is 0 Å². The molecule has 4 nitrogen and oxygen atoms in total. The first-order valence-electron chi connectivity index (χ1n) is 6.09. The average molecular weight is 266 g/mol. The largest absolute Gasteiger partial charge is 0.343 e. The van der Waals surface area contributed by atoms with E-state index in [1.165, 1.54) is 5.56 Å². The summed E-state index contributed by atoms with van der Waals surface area (Å²) >= 11 is 1.63. The van der Waals surface area contributed by atoms with Crippen LogP contribution in [0.5, 0.6) is 0 Å². The Bertz CT molecular complexity index is 467. The molecule has 0 radical (unpaired) electrons. The third-order valence-corrected chi connectivity index (χ3v) is 4.13. The Balaban J connectivity index is 2.14. The highest BCUT2D eigenvalue weighted by Crippen LogP contribution is 2.19. The van der Waals surface area contributed by atoms with Gasteiger partial charge in [0, 0.05) is 6.54 Å². The van der Waals surface area contributed by atoms with Gasteiger partial charge in [-0.1, -0.05) is 13.8 Å². The lowest BCUT2D eigenvalue weighted by Crippen LogP contribution is -2.59.